The minimum absolute atomic E-state index is 0.0721. The van der Waals surface area contributed by atoms with Crippen molar-refractivity contribution in [3.05, 3.63) is 74.4 Å². The lowest BCUT2D eigenvalue weighted by atomic mass is 10.1. The fourth-order valence-corrected chi connectivity index (χ4v) is 4.79. The smallest absolute Gasteiger partial charge is 0.344 e. The number of carbonyl (C=O) groups is 1. The maximum Gasteiger partial charge on any atom is 0.344 e. The van der Waals surface area contributed by atoms with Crippen LogP contribution in [0.25, 0.3) is 33.3 Å². The van der Waals surface area contributed by atoms with Gasteiger partial charge in [-0.05, 0) is 58.0 Å². The molecule has 4 heterocycles. The molecule has 0 bridgehead atoms. The maximum absolute atomic E-state index is 13.3. The lowest BCUT2D eigenvalue weighted by Crippen LogP contribution is -2.11. The van der Waals surface area contributed by atoms with Crippen LogP contribution >= 0.6 is 11.3 Å². The van der Waals surface area contributed by atoms with E-state index < -0.39 is 11.6 Å². The molecule has 1 aromatic carbocycles. The van der Waals surface area contributed by atoms with Gasteiger partial charge in [-0.3, -0.25) is 0 Å². The Labute approximate surface area is 193 Å². The summed E-state index contributed by atoms with van der Waals surface area (Å²) in [5, 5.41) is 5.82. The molecule has 0 aliphatic rings. The number of thiophene rings is 1. The number of rotatable bonds is 4. The summed E-state index contributed by atoms with van der Waals surface area (Å²) in [5.74, 6) is -0.249. The van der Waals surface area contributed by atoms with Crippen LogP contribution in [-0.4, -0.2) is 20.7 Å². The van der Waals surface area contributed by atoms with Crippen molar-refractivity contribution in [3.63, 3.8) is 0 Å². The van der Waals surface area contributed by atoms with Crippen LogP contribution < -0.4 is 10.4 Å². The van der Waals surface area contributed by atoms with E-state index in [4.69, 9.17) is 14.1 Å². The summed E-state index contributed by atoms with van der Waals surface area (Å²) in [4.78, 5) is 32.0. The van der Waals surface area contributed by atoms with E-state index >= 15 is 0 Å². The molecular formula is C25H21N3O4S. The van der Waals surface area contributed by atoms with Gasteiger partial charge in [0.2, 0.25) is 0 Å². The topological polar surface area (TPSA) is 87.2 Å². The fraction of sp³-hybridized carbons (Fsp3) is 0.200. The largest absolute Gasteiger partial charge is 0.423 e. The van der Waals surface area contributed by atoms with Crippen LogP contribution in [0.5, 0.6) is 5.75 Å². The molecule has 33 heavy (non-hydrogen) atoms. The van der Waals surface area contributed by atoms with Crippen LogP contribution in [0.3, 0.4) is 0 Å². The average molecular weight is 460 g/mol. The van der Waals surface area contributed by atoms with Gasteiger partial charge in [-0.25, -0.2) is 19.3 Å². The number of nitrogens with zero attached hydrogens (tertiary/aromatic N) is 3. The minimum atomic E-state index is -0.533. The van der Waals surface area contributed by atoms with Crippen LogP contribution in [0, 0.1) is 13.8 Å². The normalized spacial score (nSPS) is 11.5. The zero-order valence-corrected chi connectivity index (χ0v) is 19.4. The Bertz CT molecular complexity index is 1590. The lowest BCUT2D eigenvalue weighted by Gasteiger charge is -2.11. The van der Waals surface area contributed by atoms with Crippen LogP contribution in [0.15, 0.2) is 57.9 Å². The zero-order chi connectivity index (χ0) is 23.3. The number of hydrogen-bond acceptors (Lipinski definition) is 7. The lowest BCUT2D eigenvalue weighted by molar-refractivity contribution is 0.0737. The number of pyridine rings is 1. The third-order valence-electron chi connectivity index (χ3n) is 5.40. The SMILES string of the molecule is Cc1cc(-c2cc(C(=O)Oc3ccc4ccc(=O)oc4c3)c3cnn(C(C)C)c3n2)c(C)s1. The van der Waals surface area contributed by atoms with E-state index in [1.54, 1.807) is 46.5 Å². The van der Waals surface area contributed by atoms with E-state index in [2.05, 4.69) is 11.2 Å². The highest BCUT2D eigenvalue weighted by molar-refractivity contribution is 7.12. The number of ether oxygens (including phenoxy) is 1. The van der Waals surface area contributed by atoms with Crippen molar-refractivity contribution >= 4 is 39.3 Å². The standard InChI is InChI=1S/C25H21N3O4S/c1-13(2)28-24-20(12-26-28)19(11-21(27-24)18-9-14(3)33-15(18)4)25(30)31-17-7-5-16-6-8-23(29)32-22(16)10-17/h5-13H,1-4H3. The maximum atomic E-state index is 13.3. The number of aromatic nitrogens is 3. The van der Waals surface area contributed by atoms with Gasteiger partial charge < -0.3 is 9.15 Å². The van der Waals surface area contributed by atoms with Crippen molar-refractivity contribution in [3.8, 4) is 17.0 Å². The molecular weight excluding hydrogens is 438 g/mol. The van der Waals surface area contributed by atoms with Crippen molar-refractivity contribution < 1.29 is 13.9 Å². The van der Waals surface area contributed by atoms with Gasteiger partial charge in [-0.2, -0.15) is 5.10 Å². The molecule has 5 rings (SSSR count). The predicted molar refractivity (Wildman–Crippen MR) is 128 cm³/mol. The molecule has 0 N–H and O–H groups in total. The molecule has 0 saturated carbocycles. The first-order chi connectivity index (χ1) is 15.8. The molecule has 7 nitrogen and oxygen atoms in total. The van der Waals surface area contributed by atoms with Gasteiger partial charge in [-0.1, -0.05) is 0 Å². The summed E-state index contributed by atoms with van der Waals surface area (Å²) in [6, 6.07) is 11.9. The molecule has 5 aromatic rings. The molecule has 0 fully saturated rings. The first-order valence-electron chi connectivity index (χ1n) is 10.5. The highest BCUT2D eigenvalue weighted by Gasteiger charge is 2.21. The number of esters is 1. The molecule has 0 amide bonds. The van der Waals surface area contributed by atoms with Gasteiger partial charge in [0.1, 0.15) is 11.3 Å². The predicted octanol–water partition coefficient (Wildman–Crippen LogP) is 5.68. The zero-order valence-electron chi connectivity index (χ0n) is 18.6. The number of hydrogen-bond donors (Lipinski definition) is 0. The van der Waals surface area contributed by atoms with E-state index in [1.807, 2.05) is 27.7 Å². The molecule has 0 aliphatic heterocycles. The second kappa shape index (κ2) is 7.97. The van der Waals surface area contributed by atoms with Crippen LogP contribution in [0.4, 0.5) is 0 Å². The number of carbonyl (C=O) groups excluding carboxylic acids is 1. The van der Waals surface area contributed by atoms with Crippen molar-refractivity contribution in [2.75, 3.05) is 0 Å². The summed E-state index contributed by atoms with van der Waals surface area (Å²) in [5.41, 5.74) is 2.57. The van der Waals surface area contributed by atoms with Gasteiger partial charge in [0.15, 0.2) is 5.65 Å². The third-order valence-corrected chi connectivity index (χ3v) is 6.36. The van der Waals surface area contributed by atoms with E-state index in [1.165, 1.54) is 17.0 Å². The van der Waals surface area contributed by atoms with E-state index in [9.17, 15) is 9.59 Å². The molecule has 4 aromatic heterocycles. The van der Waals surface area contributed by atoms with Crippen LogP contribution in [0.2, 0.25) is 0 Å². The van der Waals surface area contributed by atoms with Crippen molar-refractivity contribution in [1.29, 1.82) is 0 Å². The molecule has 0 atom stereocenters. The Morgan fingerprint density at radius 1 is 1.12 bits per heavy atom. The third kappa shape index (κ3) is 3.82. The van der Waals surface area contributed by atoms with E-state index in [-0.39, 0.29) is 11.8 Å². The van der Waals surface area contributed by atoms with Gasteiger partial charge in [-0.15, -0.1) is 11.3 Å². The molecule has 0 spiro atoms. The van der Waals surface area contributed by atoms with E-state index in [0.29, 0.717) is 27.9 Å². The highest BCUT2D eigenvalue weighted by atomic mass is 32.1. The van der Waals surface area contributed by atoms with Gasteiger partial charge in [0.05, 0.1) is 22.8 Å². The summed E-state index contributed by atoms with van der Waals surface area (Å²) in [6.45, 7) is 8.12. The Hall–Kier alpha value is -3.78. The second-order valence-corrected chi connectivity index (χ2v) is 9.61. The number of aryl methyl sites for hydroxylation is 2. The fourth-order valence-electron chi connectivity index (χ4n) is 3.85. The van der Waals surface area contributed by atoms with Crippen LogP contribution in [-0.2, 0) is 0 Å². The summed E-state index contributed by atoms with van der Waals surface area (Å²) >= 11 is 1.69. The highest BCUT2D eigenvalue weighted by Crippen LogP contribution is 2.33. The molecule has 0 saturated heterocycles. The van der Waals surface area contributed by atoms with Crippen molar-refractivity contribution in [2.45, 2.75) is 33.7 Å². The first-order valence-corrected chi connectivity index (χ1v) is 11.3. The van der Waals surface area contributed by atoms with Crippen molar-refractivity contribution in [1.82, 2.24) is 14.8 Å². The second-order valence-electron chi connectivity index (χ2n) is 8.15. The molecule has 166 valence electrons. The van der Waals surface area contributed by atoms with Gasteiger partial charge >= 0.3 is 11.6 Å². The van der Waals surface area contributed by atoms with Gasteiger partial charge in [0.25, 0.3) is 0 Å². The van der Waals surface area contributed by atoms with Gasteiger partial charge in [0, 0.05) is 38.9 Å². The number of benzene rings is 1. The monoisotopic (exact) mass is 459 g/mol. The van der Waals surface area contributed by atoms with Crippen molar-refractivity contribution in [2.24, 2.45) is 0 Å². The summed E-state index contributed by atoms with van der Waals surface area (Å²) in [6.07, 6.45) is 1.65. The Kier molecular flexibility index (Phi) is 5.09. The molecule has 0 unspecified atom stereocenters. The molecule has 8 heteroatoms. The first kappa shape index (κ1) is 21.1. The average Bonchev–Trinajstić information content (AvgIpc) is 3.35. The Morgan fingerprint density at radius 2 is 1.91 bits per heavy atom. The summed E-state index contributed by atoms with van der Waals surface area (Å²) < 4.78 is 12.7. The molecule has 0 radical (unpaired) electrons. The quantitative estimate of drug-likeness (QED) is 0.195. The van der Waals surface area contributed by atoms with Crippen LogP contribution in [0.1, 0.15) is 40.0 Å². The Balaban J connectivity index is 1.62. The summed E-state index contributed by atoms with van der Waals surface area (Å²) in [7, 11) is 0. The molecule has 0 aliphatic carbocycles. The Morgan fingerprint density at radius 3 is 2.64 bits per heavy atom. The van der Waals surface area contributed by atoms with E-state index in [0.717, 1.165) is 15.8 Å². The minimum Gasteiger partial charge on any atom is -0.423 e. The number of fused-ring (bicyclic) bond motifs is 2.